The Morgan fingerprint density at radius 2 is 2.05 bits per heavy atom. The lowest BCUT2D eigenvalue weighted by Gasteiger charge is -2.17. The molecular formula is C14H17BrO5. The first-order valence-electron chi connectivity index (χ1n) is 6.18. The summed E-state index contributed by atoms with van der Waals surface area (Å²) in [4.78, 5) is 22.6. The van der Waals surface area contributed by atoms with E-state index in [1.54, 1.807) is 25.1 Å². The number of carboxylic acids is 1. The third-order valence-corrected chi connectivity index (χ3v) is 3.50. The summed E-state index contributed by atoms with van der Waals surface area (Å²) in [5.74, 6) is -1.22. The Morgan fingerprint density at radius 3 is 2.60 bits per heavy atom. The first kappa shape index (κ1) is 16.5. The zero-order valence-corrected chi connectivity index (χ0v) is 13.0. The van der Waals surface area contributed by atoms with Gasteiger partial charge in [0.1, 0.15) is 5.75 Å². The van der Waals surface area contributed by atoms with Crippen LogP contribution in [0.5, 0.6) is 5.75 Å². The van der Waals surface area contributed by atoms with Crippen molar-refractivity contribution >= 4 is 27.9 Å². The van der Waals surface area contributed by atoms with Crippen LogP contribution in [-0.2, 0) is 14.3 Å². The van der Waals surface area contributed by atoms with E-state index in [0.29, 0.717) is 5.75 Å². The van der Waals surface area contributed by atoms with Crippen molar-refractivity contribution in [2.24, 2.45) is 0 Å². The fourth-order valence-corrected chi connectivity index (χ4v) is 2.46. The number of hydrogen-bond acceptors (Lipinski definition) is 4. The molecule has 0 unspecified atom stereocenters. The van der Waals surface area contributed by atoms with Crippen LogP contribution in [-0.4, -0.2) is 30.8 Å². The van der Waals surface area contributed by atoms with E-state index in [4.69, 9.17) is 14.6 Å². The molecule has 0 aliphatic rings. The standard InChI is InChI=1S/C14H17BrO5/c1-3-20-14(18)7-9(6-13(16)17)11-8-10(19-2)4-5-12(11)15/h4-5,8-9H,3,6-7H2,1-2H3,(H,16,17)/t9-/m1/s1. The van der Waals surface area contributed by atoms with Gasteiger partial charge in [0, 0.05) is 10.4 Å². The van der Waals surface area contributed by atoms with Crippen LogP contribution in [0, 0.1) is 0 Å². The third kappa shape index (κ3) is 4.85. The molecule has 110 valence electrons. The molecule has 0 amide bonds. The molecule has 0 saturated heterocycles. The lowest BCUT2D eigenvalue weighted by atomic mass is 9.92. The van der Waals surface area contributed by atoms with Crippen molar-refractivity contribution in [2.75, 3.05) is 13.7 Å². The normalized spacial score (nSPS) is 11.8. The van der Waals surface area contributed by atoms with Gasteiger partial charge in [0.2, 0.25) is 0 Å². The Hall–Kier alpha value is -1.56. The van der Waals surface area contributed by atoms with Crippen LogP contribution in [0.1, 0.15) is 31.2 Å². The smallest absolute Gasteiger partial charge is 0.306 e. The van der Waals surface area contributed by atoms with Gasteiger partial charge in [-0.1, -0.05) is 15.9 Å². The van der Waals surface area contributed by atoms with E-state index in [0.717, 1.165) is 10.0 Å². The summed E-state index contributed by atoms with van der Waals surface area (Å²) in [5, 5.41) is 9.01. The number of esters is 1. The van der Waals surface area contributed by atoms with E-state index >= 15 is 0 Å². The van der Waals surface area contributed by atoms with Gasteiger partial charge in [-0.2, -0.15) is 0 Å². The second kappa shape index (κ2) is 7.89. The summed E-state index contributed by atoms with van der Waals surface area (Å²) >= 11 is 3.38. The molecule has 0 bridgehead atoms. The van der Waals surface area contributed by atoms with Crippen molar-refractivity contribution in [3.05, 3.63) is 28.2 Å². The van der Waals surface area contributed by atoms with Crippen LogP contribution < -0.4 is 4.74 Å². The highest BCUT2D eigenvalue weighted by Gasteiger charge is 2.22. The van der Waals surface area contributed by atoms with Crippen molar-refractivity contribution in [2.45, 2.75) is 25.7 Å². The van der Waals surface area contributed by atoms with E-state index in [9.17, 15) is 9.59 Å². The Kier molecular flexibility index (Phi) is 6.51. The Bertz CT molecular complexity index is 486. The lowest BCUT2D eigenvalue weighted by molar-refractivity contribution is -0.144. The van der Waals surface area contributed by atoms with Gasteiger partial charge in [-0.25, -0.2) is 0 Å². The SMILES string of the molecule is CCOC(=O)C[C@@H](CC(=O)O)c1cc(OC)ccc1Br. The number of aliphatic carboxylic acids is 1. The van der Waals surface area contributed by atoms with E-state index in [1.165, 1.54) is 7.11 Å². The van der Waals surface area contributed by atoms with Gasteiger partial charge in [-0.05, 0) is 30.7 Å². The maximum atomic E-state index is 11.6. The largest absolute Gasteiger partial charge is 0.497 e. The lowest BCUT2D eigenvalue weighted by Crippen LogP contribution is -2.14. The first-order valence-corrected chi connectivity index (χ1v) is 6.98. The summed E-state index contributed by atoms with van der Waals surface area (Å²) in [5.41, 5.74) is 0.722. The third-order valence-electron chi connectivity index (χ3n) is 2.78. The van der Waals surface area contributed by atoms with Gasteiger partial charge in [0.05, 0.1) is 26.6 Å². The van der Waals surface area contributed by atoms with Crippen LogP contribution in [0.25, 0.3) is 0 Å². The molecule has 0 fully saturated rings. The van der Waals surface area contributed by atoms with Crippen LogP contribution in [0.15, 0.2) is 22.7 Å². The summed E-state index contributed by atoms with van der Waals surface area (Å²) in [6.45, 7) is 1.99. The van der Waals surface area contributed by atoms with Crippen molar-refractivity contribution < 1.29 is 24.2 Å². The predicted octanol–water partition coefficient (Wildman–Crippen LogP) is 2.97. The number of rotatable bonds is 7. The molecule has 1 aromatic rings. The van der Waals surface area contributed by atoms with E-state index in [-0.39, 0.29) is 19.4 Å². The number of carbonyl (C=O) groups is 2. The number of hydrogen-bond donors (Lipinski definition) is 1. The number of ether oxygens (including phenoxy) is 2. The molecule has 0 spiro atoms. The zero-order chi connectivity index (χ0) is 15.1. The minimum Gasteiger partial charge on any atom is -0.497 e. The topological polar surface area (TPSA) is 72.8 Å². The molecule has 6 heteroatoms. The van der Waals surface area contributed by atoms with E-state index < -0.39 is 17.9 Å². The predicted molar refractivity (Wildman–Crippen MR) is 76.9 cm³/mol. The summed E-state index contributed by atoms with van der Waals surface area (Å²) in [6, 6.07) is 5.26. The van der Waals surface area contributed by atoms with Crippen LogP contribution in [0.4, 0.5) is 0 Å². The van der Waals surface area contributed by atoms with Crippen LogP contribution in [0.3, 0.4) is 0 Å². The molecule has 0 heterocycles. The molecule has 0 saturated carbocycles. The second-order valence-electron chi connectivity index (χ2n) is 4.19. The molecule has 0 aliphatic carbocycles. The average Bonchev–Trinajstić information content (AvgIpc) is 2.38. The van der Waals surface area contributed by atoms with Crippen molar-refractivity contribution in [1.29, 1.82) is 0 Å². The highest BCUT2D eigenvalue weighted by atomic mass is 79.9. The average molecular weight is 345 g/mol. The van der Waals surface area contributed by atoms with Gasteiger partial charge in [-0.3, -0.25) is 9.59 Å². The maximum absolute atomic E-state index is 11.6. The summed E-state index contributed by atoms with van der Waals surface area (Å²) in [6.07, 6.45) is -0.128. The summed E-state index contributed by atoms with van der Waals surface area (Å²) < 4.78 is 10.8. The highest BCUT2D eigenvalue weighted by Crippen LogP contribution is 2.33. The molecule has 0 radical (unpaired) electrons. The maximum Gasteiger partial charge on any atom is 0.306 e. The molecule has 1 rings (SSSR count). The monoisotopic (exact) mass is 344 g/mol. The van der Waals surface area contributed by atoms with Crippen LogP contribution >= 0.6 is 15.9 Å². The van der Waals surface area contributed by atoms with Crippen molar-refractivity contribution in [1.82, 2.24) is 0 Å². The number of methoxy groups -OCH3 is 1. The quantitative estimate of drug-likeness (QED) is 0.769. The second-order valence-corrected chi connectivity index (χ2v) is 5.05. The van der Waals surface area contributed by atoms with Gasteiger partial charge >= 0.3 is 11.9 Å². The minimum absolute atomic E-state index is 0.0197. The highest BCUT2D eigenvalue weighted by molar-refractivity contribution is 9.10. The van der Waals surface area contributed by atoms with Crippen molar-refractivity contribution in [3.8, 4) is 5.75 Å². The van der Waals surface area contributed by atoms with Crippen LogP contribution in [0.2, 0.25) is 0 Å². The molecule has 5 nitrogen and oxygen atoms in total. The number of carboxylic acid groups (broad SMARTS) is 1. The first-order chi connectivity index (χ1) is 9.47. The number of carbonyl (C=O) groups excluding carboxylic acids is 1. The van der Waals surface area contributed by atoms with Gasteiger partial charge in [0.15, 0.2) is 0 Å². The van der Waals surface area contributed by atoms with Gasteiger partial charge in [-0.15, -0.1) is 0 Å². The fraction of sp³-hybridized carbons (Fsp3) is 0.429. The zero-order valence-electron chi connectivity index (χ0n) is 11.4. The molecule has 20 heavy (non-hydrogen) atoms. The number of halogens is 1. The van der Waals surface area contributed by atoms with E-state index in [1.807, 2.05) is 0 Å². The summed E-state index contributed by atoms with van der Waals surface area (Å²) in [7, 11) is 1.53. The fourth-order valence-electron chi connectivity index (χ4n) is 1.89. The Labute approximate surface area is 126 Å². The van der Waals surface area contributed by atoms with Crippen molar-refractivity contribution in [3.63, 3.8) is 0 Å². The Morgan fingerprint density at radius 1 is 1.35 bits per heavy atom. The number of benzene rings is 1. The molecule has 0 aromatic heterocycles. The van der Waals surface area contributed by atoms with Gasteiger partial charge in [0.25, 0.3) is 0 Å². The molecule has 1 aromatic carbocycles. The molecule has 1 atom stereocenters. The van der Waals surface area contributed by atoms with Gasteiger partial charge < -0.3 is 14.6 Å². The molecular weight excluding hydrogens is 328 g/mol. The Balaban J connectivity index is 3.03. The molecule has 0 aliphatic heterocycles. The molecule has 1 N–H and O–H groups in total. The van der Waals surface area contributed by atoms with E-state index in [2.05, 4.69) is 15.9 Å². The minimum atomic E-state index is -0.964.